The topological polar surface area (TPSA) is 47.2 Å². The van der Waals surface area contributed by atoms with Gasteiger partial charge in [-0.15, -0.1) is 0 Å². The van der Waals surface area contributed by atoms with Crippen LogP contribution < -0.4 is 16.1 Å². The van der Waals surface area contributed by atoms with Crippen LogP contribution in [0.3, 0.4) is 0 Å². The average Bonchev–Trinajstić information content (AvgIpc) is 2.41. The molecule has 2 rings (SSSR count). The summed E-state index contributed by atoms with van der Waals surface area (Å²) in [5.41, 5.74) is 3.48. The molecule has 21 heavy (non-hydrogen) atoms. The van der Waals surface area contributed by atoms with Gasteiger partial charge in [0.15, 0.2) is 0 Å². The van der Waals surface area contributed by atoms with E-state index in [9.17, 15) is 9.59 Å². The lowest BCUT2D eigenvalue weighted by molar-refractivity contribution is 0.664. The lowest BCUT2D eigenvalue weighted by atomic mass is 10.1. The molecule has 0 fully saturated rings. The zero-order valence-corrected chi connectivity index (χ0v) is 13.2. The quantitative estimate of drug-likeness (QED) is 0.856. The fourth-order valence-electron chi connectivity index (χ4n) is 2.51. The number of rotatable bonds is 3. The van der Waals surface area contributed by atoms with Crippen molar-refractivity contribution in [3.8, 4) is 0 Å². The van der Waals surface area contributed by atoms with Gasteiger partial charge in [-0.25, -0.2) is 4.79 Å². The second-order valence-corrected chi connectivity index (χ2v) is 5.61. The molecule has 1 heterocycles. The van der Waals surface area contributed by atoms with Gasteiger partial charge >= 0.3 is 5.69 Å². The normalized spacial score (nSPS) is 10.7. The van der Waals surface area contributed by atoms with Crippen LogP contribution in [0.15, 0.2) is 34.0 Å². The van der Waals surface area contributed by atoms with Crippen molar-refractivity contribution < 1.29 is 0 Å². The molecule has 2 aromatic rings. The Morgan fingerprint density at radius 2 is 1.62 bits per heavy atom. The van der Waals surface area contributed by atoms with Crippen molar-refractivity contribution in [2.75, 3.05) is 11.9 Å². The molecule has 0 N–H and O–H groups in total. The predicted octanol–water partition coefficient (Wildman–Crippen LogP) is 1.34. The predicted molar refractivity (Wildman–Crippen MR) is 84.9 cm³/mol. The van der Waals surface area contributed by atoms with Crippen molar-refractivity contribution in [1.82, 2.24) is 9.13 Å². The molecule has 0 saturated carbocycles. The molecule has 1 aromatic carbocycles. The lowest BCUT2D eigenvalue weighted by Crippen LogP contribution is -2.39. The molecular formula is C16H21N3O2. The Morgan fingerprint density at radius 3 is 2.19 bits per heavy atom. The van der Waals surface area contributed by atoms with Gasteiger partial charge in [-0.3, -0.25) is 9.36 Å². The summed E-state index contributed by atoms with van der Waals surface area (Å²) >= 11 is 0. The minimum absolute atomic E-state index is 0.241. The second-order valence-electron chi connectivity index (χ2n) is 5.61. The van der Waals surface area contributed by atoms with E-state index in [-0.39, 0.29) is 11.2 Å². The number of nitrogens with zero attached hydrogens (tertiary/aromatic N) is 3. The van der Waals surface area contributed by atoms with Crippen molar-refractivity contribution in [2.45, 2.75) is 20.4 Å². The van der Waals surface area contributed by atoms with E-state index in [1.807, 2.05) is 11.9 Å². The molecule has 112 valence electrons. The highest BCUT2D eigenvalue weighted by molar-refractivity contribution is 5.50. The van der Waals surface area contributed by atoms with Crippen LogP contribution in [0.4, 0.5) is 5.69 Å². The summed E-state index contributed by atoms with van der Waals surface area (Å²) in [4.78, 5) is 25.9. The van der Waals surface area contributed by atoms with Gasteiger partial charge in [0.2, 0.25) is 0 Å². The van der Waals surface area contributed by atoms with Crippen molar-refractivity contribution >= 4 is 5.69 Å². The first-order valence-electron chi connectivity index (χ1n) is 6.84. The lowest BCUT2D eigenvalue weighted by Gasteiger charge is -2.20. The third-order valence-electron chi connectivity index (χ3n) is 3.57. The average molecular weight is 287 g/mol. The molecule has 0 amide bonds. The first kappa shape index (κ1) is 15.1. The minimum atomic E-state index is -0.308. The van der Waals surface area contributed by atoms with Gasteiger partial charge in [0.1, 0.15) is 0 Å². The standard InChI is InChI=1S/C16H21N3O2/c1-11-6-12(2)8-14(7-11)17(3)9-13-10-18(4)16(21)19(5)15(13)20/h6-8,10H,9H2,1-5H3. The van der Waals surface area contributed by atoms with E-state index < -0.39 is 0 Å². The highest BCUT2D eigenvalue weighted by atomic mass is 16.2. The Labute approximate surface area is 124 Å². The van der Waals surface area contributed by atoms with Gasteiger partial charge in [0.05, 0.1) is 5.56 Å². The highest BCUT2D eigenvalue weighted by Gasteiger charge is 2.10. The maximum absolute atomic E-state index is 12.2. The molecule has 0 aliphatic carbocycles. The summed E-state index contributed by atoms with van der Waals surface area (Å²) in [6.07, 6.45) is 1.61. The Morgan fingerprint density at radius 1 is 1.05 bits per heavy atom. The summed E-state index contributed by atoms with van der Waals surface area (Å²) in [6, 6.07) is 6.28. The molecule has 0 atom stereocenters. The Bertz CT molecular complexity index is 767. The molecule has 0 radical (unpaired) electrons. The summed E-state index contributed by atoms with van der Waals surface area (Å²) < 4.78 is 2.58. The van der Waals surface area contributed by atoms with Crippen LogP contribution in [0.1, 0.15) is 16.7 Å². The minimum Gasteiger partial charge on any atom is -0.370 e. The Kier molecular flexibility index (Phi) is 4.02. The molecular weight excluding hydrogens is 266 g/mol. The largest absolute Gasteiger partial charge is 0.370 e. The van der Waals surface area contributed by atoms with Gasteiger partial charge in [-0.2, -0.15) is 0 Å². The van der Waals surface area contributed by atoms with Crippen LogP contribution in [0, 0.1) is 13.8 Å². The third kappa shape index (κ3) is 3.07. The maximum atomic E-state index is 12.2. The Balaban J connectivity index is 2.38. The Hall–Kier alpha value is -2.30. The number of aryl methyl sites for hydroxylation is 3. The smallest absolute Gasteiger partial charge is 0.330 e. The monoisotopic (exact) mass is 287 g/mol. The summed E-state index contributed by atoms with van der Waals surface area (Å²) in [7, 11) is 5.10. The highest BCUT2D eigenvalue weighted by Crippen LogP contribution is 2.18. The molecule has 1 aromatic heterocycles. The van der Waals surface area contributed by atoms with Crippen LogP contribution in [-0.4, -0.2) is 16.2 Å². The van der Waals surface area contributed by atoms with E-state index in [0.717, 1.165) is 10.3 Å². The summed E-state index contributed by atoms with van der Waals surface area (Å²) in [6.45, 7) is 4.56. The van der Waals surface area contributed by atoms with E-state index in [1.54, 1.807) is 13.2 Å². The molecule has 0 spiro atoms. The van der Waals surface area contributed by atoms with Crippen molar-refractivity contribution in [2.24, 2.45) is 14.1 Å². The fourth-order valence-corrected chi connectivity index (χ4v) is 2.51. The summed E-state index contributed by atoms with van der Waals surface area (Å²) in [5.74, 6) is 0. The molecule has 5 nitrogen and oxygen atoms in total. The first-order valence-corrected chi connectivity index (χ1v) is 6.84. The molecule has 0 bridgehead atoms. The maximum Gasteiger partial charge on any atom is 0.330 e. The molecule has 0 saturated heterocycles. The van der Waals surface area contributed by atoms with Crippen LogP contribution in [-0.2, 0) is 20.6 Å². The van der Waals surface area contributed by atoms with Crippen LogP contribution in [0.25, 0.3) is 0 Å². The van der Waals surface area contributed by atoms with Gasteiger partial charge in [-0.05, 0) is 37.1 Å². The number of hydrogen-bond donors (Lipinski definition) is 0. The van der Waals surface area contributed by atoms with Gasteiger partial charge in [-0.1, -0.05) is 6.07 Å². The van der Waals surface area contributed by atoms with E-state index in [0.29, 0.717) is 12.1 Å². The van der Waals surface area contributed by atoms with Crippen LogP contribution in [0.2, 0.25) is 0 Å². The van der Waals surface area contributed by atoms with E-state index in [2.05, 4.69) is 32.0 Å². The van der Waals surface area contributed by atoms with E-state index in [4.69, 9.17) is 0 Å². The molecule has 0 aliphatic heterocycles. The SMILES string of the molecule is Cc1cc(C)cc(N(C)Cc2cn(C)c(=O)n(C)c2=O)c1. The first-order chi connectivity index (χ1) is 9.79. The van der Waals surface area contributed by atoms with Gasteiger partial charge in [0.25, 0.3) is 5.56 Å². The number of hydrogen-bond acceptors (Lipinski definition) is 3. The molecule has 5 heteroatoms. The van der Waals surface area contributed by atoms with E-state index in [1.165, 1.54) is 22.7 Å². The number of benzene rings is 1. The summed E-state index contributed by atoms with van der Waals surface area (Å²) in [5, 5.41) is 0. The zero-order chi connectivity index (χ0) is 15.7. The molecule has 0 aliphatic rings. The van der Waals surface area contributed by atoms with Crippen LogP contribution in [0.5, 0.6) is 0 Å². The van der Waals surface area contributed by atoms with Crippen molar-refractivity contribution in [1.29, 1.82) is 0 Å². The van der Waals surface area contributed by atoms with Gasteiger partial charge < -0.3 is 9.47 Å². The van der Waals surface area contributed by atoms with Gasteiger partial charge in [0, 0.05) is 39.6 Å². The fraction of sp³-hybridized carbons (Fsp3) is 0.375. The van der Waals surface area contributed by atoms with Crippen molar-refractivity contribution in [3.05, 3.63) is 61.9 Å². The second kappa shape index (κ2) is 5.60. The molecule has 0 unspecified atom stereocenters. The van der Waals surface area contributed by atoms with E-state index >= 15 is 0 Å². The third-order valence-corrected chi connectivity index (χ3v) is 3.57. The zero-order valence-electron chi connectivity index (χ0n) is 13.2. The number of anilines is 1. The number of aromatic nitrogens is 2. The van der Waals surface area contributed by atoms with Crippen molar-refractivity contribution in [3.63, 3.8) is 0 Å². The van der Waals surface area contributed by atoms with Crippen LogP contribution >= 0.6 is 0 Å².